The Morgan fingerprint density at radius 2 is 1.90 bits per heavy atom. The number of rotatable bonds is 5. The van der Waals surface area contributed by atoms with E-state index in [1.807, 2.05) is 13.8 Å². The number of non-ortho nitro benzene ring substituents is 1. The highest BCUT2D eigenvalue weighted by atomic mass is 32.1. The number of nitrogens with zero attached hydrogens (tertiary/aromatic N) is 3. The van der Waals surface area contributed by atoms with Crippen molar-refractivity contribution < 1.29 is 14.1 Å². The highest BCUT2D eigenvalue weighted by Crippen LogP contribution is 2.32. The van der Waals surface area contributed by atoms with Crippen LogP contribution in [0.5, 0.6) is 10.9 Å². The van der Waals surface area contributed by atoms with Crippen molar-refractivity contribution in [1.29, 1.82) is 0 Å². The minimum Gasteiger partial charge on any atom is -0.430 e. The second kappa shape index (κ2) is 7.44. The number of hydrogen-bond acceptors (Lipinski definition) is 8. The maximum absolute atomic E-state index is 12.1. The maximum Gasteiger partial charge on any atom is 0.336 e. The number of ether oxygens (including phenoxy) is 1. The van der Waals surface area contributed by atoms with Crippen molar-refractivity contribution in [3.05, 3.63) is 74.9 Å². The molecule has 0 saturated heterocycles. The quantitative estimate of drug-likeness (QED) is 0.255. The Kier molecular flexibility index (Phi) is 4.81. The van der Waals surface area contributed by atoms with Gasteiger partial charge in [0.15, 0.2) is 0 Å². The van der Waals surface area contributed by atoms with Gasteiger partial charge in [0.05, 0.1) is 4.92 Å². The van der Waals surface area contributed by atoms with Gasteiger partial charge in [-0.05, 0) is 35.4 Å². The van der Waals surface area contributed by atoms with E-state index in [9.17, 15) is 14.9 Å². The van der Waals surface area contributed by atoms with Crippen LogP contribution in [0.25, 0.3) is 22.1 Å². The highest BCUT2D eigenvalue weighted by Gasteiger charge is 2.13. The fourth-order valence-electron chi connectivity index (χ4n) is 2.81. The fourth-order valence-corrected chi connectivity index (χ4v) is 3.50. The summed E-state index contributed by atoms with van der Waals surface area (Å²) in [5.74, 6) is 1.37. The van der Waals surface area contributed by atoms with Crippen molar-refractivity contribution in [2.75, 3.05) is 0 Å². The van der Waals surface area contributed by atoms with Crippen LogP contribution in [0.2, 0.25) is 0 Å². The first-order chi connectivity index (χ1) is 13.9. The molecule has 0 saturated carbocycles. The van der Waals surface area contributed by atoms with Gasteiger partial charge in [0.25, 0.3) is 10.9 Å². The Morgan fingerprint density at radius 1 is 1.14 bits per heavy atom. The molecule has 2 heterocycles. The van der Waals surface area contributed by atoms with Crippen LogP contribution in [0.1, 0.15) is 25.6 Å². The molecule has 0 bridgehead atoms. The Balaban J connectivity index is 1.72. The van der Waals surface area contributed by atoms with Crippen molar-refractivity contribution in [3.63, 3.8) is 0 Å². The molecule has 0 radical (unpaired) electrons. The lowest BCUT2D eigenvalue weighted by Gasteiger charge is -2.07. The van der Waals surface area contributed by atoms with Crippen LogP contribution in [0, 0.1) is 10.1 Å². The van der Waals surface area contributed by atoms with E-state index in [0.717, 1.165) is 11.5 Å². The molecule has 0 spiro atoms. The summed E-state index contributed by atoms with van der Waals surface area (Å²) in [6.07, 6.45) is 0. The molecule has 0 fully saturated rings. The van der Waals surface area contributed by atoms with E-state index >= 15 is 0 Å². The molecule has 4 aromatic rings. The number of nitro benzene ring substituents is 1. The Morgan fingerprint density at radius 3 is 2.55 bits per heavy atom. The molecule has 29 heavy (non-hydrogen) atoms. The van der Waals surface area contributed by atoms with E-state index in [-0.39, 0.29) is 11.6 Å². The Hall–Kier alpha value is -3.59. The van der Waals surface area contributed by atoms with Crippen LogP contribution < -0.4 is 10.4 Å². The number of aromatic nitrogens is 2. The van der Waals surface area contributed by atoms with Crippen LogP contribution in [-0.4, -0.2) is 14.3 Å². The number of fused-ring (bicyclic) bond motifs is 1. The normalized spacial score (nSPS) is 11.1. The summed E-state index contributed by atoms with van der Waals surface area (Å²) in [7, 11) is 0. The third-order valence-corrected chi connectivity index (χ3v) is 4.86. The zero-order valence-electron chi connectivity index (χ0n) is 15.5. The molecule has 146 valence electrons. The summed E-state index contributed by atoms with van der Waals surface area (Å²) >= 11 is 1.15. The maximum atomic E-state index is 12.1. The van der Waals surface area contributed by atoms with Crippen LogP contribution in [0.3, 0.4) is 0 Å². The number of benzene rings is 2. The van der Waals surface area contributed by atoms with Gasteiger partial charge in [-0.3, -0.25) is 10.1 Å². The zero-order chi connectivity index (χ0) is 20.5. The van der Waals surface area contributed by atoms with Crippen LogP contribution in [0.4, 0.5) is 5.69 Å². The van der Waals surface area contributed by atoms with Crippen molar-refractivity contribution in [3.8, 4) is 22.1 Å². The average molecular weight is 409 g/mol. The van der Waals surface area contributed by atoms with E-state index in [1.54, 1.807) is 30.3 Å². The van der Waals surface area contributed by atoms with Crippen LogP contribution in [0.15, 0.2) is 57.7 Å². The molecule has 0 amide bonds. The third-order valence-electron chi connectivity index (χ3n) is 4.25. The second-order valence-electron chi connectivity index (χ2n) is 6.62. The molecule has 0 aliphatic rings. The van der Waals surface area contributed by atoms with Gasteiger partial charge in [0, 0.05) is 47.1 Å². The molecular weight excluding hydrogens is 394 g/mol. The standard InChI is InChI=1S/C20H15N3O5S/c1-11(2)19-21-20(29-22-19)27-14-7-8-15-16(10-18(24)28-17(15)9-14)12-3-5-13(6-4-12)23(25)26/h3-11H,1-2H3. The molecule has 2 aromatic carbocycles. The van der Waals surface area contributed by atoms with E-state index in [1.165, 1.54) is 18.2 Å². The van der Waals surface area contributed by atoms with Crippen molar-refractivity contribution in [1.82, 2.24) is 9.36 Å². The molecule has 0 atom stereocenters. The van der Waals surface area contributed by atoms with E-state index < -0.39 is 10.5 Å². The molecule has 4 rings (SSSR count). The number of hydrogen-bond donors (Lipinski definition) is 0. The van der Waals surface area contributed by atoms with Gasteiger partial charge in [-0.25, -0.2) is 4.79 Å². The summed E-state index contributed by atoms with van der Waals surface area (Å²) in [6, 6.07) is 12.5. The minimum absolute atomic E-state index is 0.0190. The predicted octanol–water partition coefficient (Wildman–Crippen LogP) is 5.14. The molecular formula is C20H15N3O5S. The van der Waals surface area contributed by atoms with Gasteiger partial charge in [0.2, 0.25) is 0 Å². The summed E-state index contributed by atoms with van der Waals surface area (Å²) in [5, 5.41) is 11.9. The Labute approximate surface area is 168 Å². The summed E-state index contributed by atoms with van der Waals surface area (Å²) in [5.41, 5.74) is 1.09. The first-order valence-corrected chi connectivity index (χ1v) is 9.52. The van der Waals surface area contributed by atoms with E-state index in [2.05, 4.69) is 9.36 Å². The largest absolute Gasteiger partial charge is 0.430 e. The lowest BCUT2D eigenvalue weighted by atomic mass is 10.0. The molecule has 0 N–H and O–H groups in total. The molecule has 0 aliphatic heterocycles. The fraction of sp³-hybridized carbons (Fsp3) is 0.150. The lowest BCUT2D eigenvalue weighted by molar-refractivity contribution is -0.384. The minimum atomic E-state index is -0.527. The van der Waals surface area contributed by atoms with Crippen LogP contribution >= 0.6 is 11.5 Å². The smallest absolute Gasteiger partial charge is 0.336 e. The number of nitro groups is 1. The summed E-state index contributed by atoms with van der Waals surface area (Å²) in [4.78, 5) is 26.8. The summed E-state index contributed by atoms with van der Waals surface area (Å²) in [6.45, 7) is 3.99. The van der Waals surface area contributed by atoms with Crippen molar-refractivity contribution in [2.45, 2.75) is 19.8 Å². The topological polar surface area (TPSA) is 108 Å². The first kappa shape index (κ1) is 18.8. The first-order valence-electron chi connectivity index (χ1n) is 8.75. The summed E-state index contributed by atoms with van der Waals surface area (Å²) < 4.78 is 15.3. The van der Waals surface area contributed by atoms with Gasteiger partial charge in [-0.2, -0.15) is 9.36 Å². The van der Waals surface area contributed by atoms with Gasteiger partial charge in [-0.1, -0.05) is 13.8 Å². The molecule has 9 heteroatoms. The van der Waals surface area contributed by atoms with E-state index in [0.29, 0.717) is 38.9 Å². The molecule has 0 unspecified atom stereocenters. The Bertz CT molecular complexity index is 1260. The van der Waals surface area contributed by atoms with E-state index in [4.69, 9.17) is 9.15 Å². The SMILES string of the molecule is CC(C)c1nsc(Oc2ccc3c(-c4ccc([N+](=O)[O-])cc4)cc(=O)oc3c2)n1. The van der Waals surface area contributed by atoms with Gasteiger partial charge < -0.3 is 9.15 Å². The van der Waals surface area contributed by atoms with Crippen molar-refractivity contribution in [2.24, 2.45) is 0 Å². The molecule has 0 aliphatic carbocycles. The van der Waals surface area contributed by atoms with Gasteiger partial charge in [-0.15, -0.1) is 0 Å². The molecule has 8 nitrogen and oxygen atoms in total. The second-order valence-corrected chi connectivity index (χ2v) is 7.33. The van der Waals surface area contributed by atoms with Gasteiger partial charge in [0.1, 0.15) is 17.2 Å². The van der Waals surface area contributed by atoms with Gasteiger partial charge >= 0.3 is 5.63 Å². The van der Waals surface area contributed by atoms with Crippen LogP contribution in [-0.2, 0) is 0 Å². The van der Waals surface area contributed by atoms with Crippen molar-refractivity contribution >= 4 is 28.2 Å². The predicted molar refractivity (Wildman–Crippen MR) is 109 cm³/mol. The molecule has 2 aromatic heterocycles. The lowest BCUT2D eigenvalue weighted by Crippen LogP contribution is -1.98. The zero-order valence-corrected chi connectivity index (χ0v) is 16.3. The third kappa shape index (κ3) is 3.85. The average Bonchev–Trinajstić information content (AvgIpc) is 3.16. The highest BCUT2D eigenvalue weighted by molar-refractivity contribution is 7.07. The monoisotopic (exact) mass is 409 g/mol.